The number of piperidine rings is 3. The average Bonchev–Trinajstić information content (AvgIpc) is 2.78. The molecule has 17 heavy (non-hydrogen) atoms. The van der Waals surface area contributed by atoms with Crippen LogP contribution in [0.15, 0.2) is 0 Å². The molecule has 2 atom stereocenters. The maximum absolute atomic E-state index is 3.70. The number of hydrogen-bond acceptors (Lipinski definition) is 3. The van der Waals surface area contributed by atoms with E-state index in [0.29, 0.717) is 6.04 Å². The van der Waals surface area contributed by atoms with Crippen molar-refractivity contribution < 1.29 is 0 Å². The van der Waals surface area contributed by atoms with Gasteiger partial charge in [-0.1, -0.05) is 13.8 Å². The highest BCUT2D eigenvalue weighted by Crippen LogP contribution is 2.32. The molecule has 4 aliphatic heterocycles. The van der Waals surface area contributed by atoms with Gasteiger partial charge in [-0.2, -0.15) is 0 Å². The molecule has 0 saturated carbocycles. The summed E-state index contributed by atoms with van der Waals surface area (Å²) >= 11 is 0. The molecule has 2 bridgehead atoms. The van der Waals surface area contributed by atoms with Gasteiger partial charge in [0, 0.05) is 37.8 Å². The van der Waals surface area contributed by atoms with Gasteiger partial charge >= 0.3 is 0 Å². The molecule has 0 aliphatic carbocycles. The molecule has 98 valence electrons. The first-order chi connectivity index (χ1) is 8.22. The van der Waals surface area contributed by atoms with Gasteiger partial charge < -0.3 is 10.2 Å². The van der Waals surface area contributed by atoms with E-state index in [-0.39, 0.29) is 0 Å². The zero-order chi connectivity index (χ0) is 11.8. The highest BCUT2D eigenvalue weighted by molar-refractivity contribution is 4.96. The lowest BCUT2D eigenvalue weighted by atomic mass is 9.83. The van der Waals surface area contributed by atoms with Crippen LogP contribution >= 0.6 is 0 Å². The highest BCUT2D eigenvalue weighted by atomic mass is 15.3. The van der Waals surface area contributed by atoms with Crippen molar-refractivity contribution in [1.29, 1.82) is 0 Å². The summed E-state index contributed by atoms with van der Waals surface area (Å²) < 4.78 is 0. The summed E-state index contributed by atoms with van der Waals surface area (Å²) in [6, 6.07) is 2.24. The number of likely N-dealkylation sites (tertiary alicyclic amines) is 1. The number of rotatable bonds is 3. The van der Waals surface area contributed by atoms with E-state index < -0.39 is 0 Å². The van der Waals surface area contributed by atoms with Crippen molar-refractivity contribution in [2.45, 2.75) is 51.2 Å². The van der Waals surface area contributed by atoms with Crippen LogP contribution in [0.3, 0.4) is 0 Å². The Balaban J connectivity index is 1.56. The monoisotopic (exact) mass is 237 g/mol. The Bertz CT molecular complexity index is 258. The van der Waals surface area contributed by atoms with Crippen molar-refractivity contribution in [3.05, 3.63) is 0 Å². The van der Waals surface area contributed by atoms with E-state index in [1.54, 1.807) is 0 Å². The third-order valence-corrected chi connectivity index (χ3v) is 4.88. The minimum atomic E-state index is 0.631. The summed E-state index contributed by atoms with van der Waals surface area (Å²) in [5.41, 5.74) is 0. The third kappa shape index (κ3) is 2.51. The molecule has 0 aromatic heterocycles. The molecule has 2 unspecified atom stereocenters. The van der Waals surface area contributed by atoms with E-state index in [9.17, 15) is 0 Å². The fourth-order valence-electron chi connectivity index (χ4n) is 4.04. The molecular weight excluding hydrogens is 210 g/mol. The molecule has 4 heterocycles. The third-order valence-electron chi connectivity index (χ3n) is 4.88. The second kappa shape index (κ2) is 4.87. The molecule has 4 saturated heterocycles. The van der Waals surface area contributed by atoms with E-state index in [0.717, 1.165) is 18.0 Å². The SMILES string of the molecule is CC(C)NC1CCN(C2CN3CCC2CC3)C1. The second-order valence-electron chi connectivity index (χ2n) is 6.51. The van der Waals surface area contributed by atoms with Gasteiger partial charge in [0.1, 0.15) is 0 Å². The molecule has 4 rings (SSSR count). The molecule has 0 aromatic rings. The predicted molar refractivity (Wildman–Crippen MR) is 71.2 cm³/mol. The van der Waals surface area contributed by atoms with Crippen molar-refractivity contribution in [3.63, 3.8) is 0 Å². The van der Waals surface area contributed by atoms with Crippen molar-refractivity contribution in [2.24, 2.45) is 5.92 Å². The van der Waals surface area contributed by atoms with E-state index in [1.165, 1.54) is 52.0 Å². The Morgan fingerprint density at radius 2 is 1.76 bits per heavy atom. The fraction of sp³-hybridized carbons (Fsp3) is 1.00. The van der Waals surface area contributed by atoms with Crippen molar-refractivity contribution >= 4 is 0 Å². The summed E-state index contributed by atoms with van der Waals surface area (Å²) in [6.45, 7) is 11.2. The molecule has 3 heteroatoms. The number of nitrogens with zero attached hydrogens (tertiary/aromatic N) is 2. The molecule has 0 spiro atoms. The van der Waals surface area contributed by atoms with Crippen LogP contribution in [0.5, 0.6) is 0 Å². The largest absolute Gasteiger partial charge is 0.310 e. The zero-order valence-electron chi connectivity index (χ0n) is 11.4. The van der Waals surface area contributed by atoms with Gasteiger partial charge in [0.25, 0.3) is 0 Å². The molecule has 0 amide bonds. The van der Waals surface area contributed by atoms with Gasteiger partial charge in [-0.25, -0.2) is 0 Å². The zero-order valence-corrected chi connectivity index (χ0v) is 11.4. The van der Waals surface area contributed by atoms with Gasteiger partial charge in [0.2, 0.25) is 0 Å². The lowest BCUT2D eigenvalue weighted by molar-refractivity contribution is 0.0148. The molecule has 1 N–H and O–H groups in total. The first-order valence-corrected chi connectivity index (χ1v) is 7.45. The lowest BCUT2D eigenvalue weighted by Crippen LogP contribution is -2.57. The Hall–Kier alpha value is -0.120. The van der Waals surface area contributed by atoms with Crippen molar-refractivity contribution in [2.75, 3.05) is 32.7 Å². The van der Waals surface area contributed by atoms with Gasteiger partial charge in [-0.3, -0.25) is 4.90 Å². The van der Waals surface area contributed by atoms with Crippen LogP contribution in [0.2, 0.25) is 0 Å². The van der Waals surface area contributed by atoms with Crippen LogP contribution in [-0.4, -0.2) is 60.6 Å². The summed E-state index contributed by atoms with van der Waals surface area (Å²) in [4.78, 5) is 5.45. The fourth-order valence-corrected chi connectivity index (χ4v) is 4.04. The minimum absolute atomic E-state index is 0.631. The predicted octanol–water partition coefficient (Wildman–Crippen LogP) is 1.15. The molecule has 0 radical (unpaired) electrons. The molecule has 3 nitrogen and oxygen atoms in total. The Morgan fingerprint density at radius 1 is 1.00 bits per heavy atom. The van der Waals surface area contributed by atoms with Crippen LogP contribution in [0, 0.1) is 5.92 Å². The average molecular weight is 237 g/mol. The summed E-state index contributed by atoms with van der Waals surface area (Å²) in [7, 11) is 0. The smallest absolute Gasteiger partial charge is 0.0253 e. The standard InChI is InChI=1S/C14H27N3/c1-11(2)15-13-5-8-17(9-13)14-10-16-6-3-12(14)4-7-16/h11-15H,3-10H2,1-2H3. The summed E-state index contributed by atoms with van der Waals surface area (Å²) in [5, 5.41) is 3.70. The molecule has 4 aliphatic rings. The Kier molecular flexibility index (Phi) is 3.42. The molecule has 4 fully saturated rings. The highest BCUT2D eigenvalue weighted by Gasteiger charge is 2.39. The Morgan fingerprint density at radius 3 is 2.35 bits per heavy atom. The quantitative estimate of drug-likeness (QED) is 0.794. The van der Waals surface area contributed by atoms with E-state index >= 15 is 0 Å². The summed E-state index contributed by atoms with van der Waals surface area (Å²) in [6.07, 6.45) is 4.24. The second-order valence-corrected chi connectivity index (χ2v) is 6.51. The van der Waals surface area contributed by atoms with E-state index in [2.05, 4.69) is 29.0 Å². The minimum Gasteiger partial charge on any atom is -0.310 e. The van der Waals surface area contributed by atoms with Gasteiger partial charge in [-0.05, 0) is 38.3 Å². The van der Waals surface area contributed by atoms with Crippen LogP contribution in [0.4, 0.5) is 0 Å². The molecular formula is C14H27N3. The lowest BCUT2D eigenvalue weighted by Gasteiger charge is -2.48. The first kappa shape index (κ1) is 11.9. The topological polar surface area (TPSA) is 18.5 Å². The van der Waals surface area contributed by atoms with Crippen LogP contribution in [0.25, 0.3) is 0 Å². The normalized spacial score (nSPS) is 42.5. The molecule has 0 aromatic carbocycles. The number of nitrogens with one attached hydrogen (secondary N) is 1. The van der Waals surface area contributed by atoms with Gasteiger partial charge in [-0.15, -0.1) is 0 Å². The number of hydrogen-bond donors (Lipinski definition) is 1. The maximum atomic E-state index is 3.70. The van der Waals surface area contributed by atoms with E-state index in [1.807, 2.05) is 0 Å². The van der Waals surface area contributed by atoms with Crippen molar-refractivity contribution in [3.8, 4) is 0 Å². The van der Waals surface area contributed by atoms with Gasteiger partial charge in [0.15, 0.2) is 0 Å². The number of fused-ring (bicyclic) bond motifs is 3. The van der Waals surface area contributed by atoms with Crippen molar-refractivity contribution in [1.82, 2.24) is 15.1 Å². The van der Waals surface area contributed by atoms with E-state index in [4.69, 9.17) is 0 Å². The maximum Gasteiger partial charge on any atom is 0.0253 e. The Labute approximate surface area is 106 Å². The van der Waals surface area contributed by atoms with Crippen LogP contribution < -0.4 is 5.32 Å². The summed E-state index contributed by atoms with van der Waals surface area (Å²) in [5.74, 6) is 0.998. The van der Waals surface area contributed by atoms with Crippen LogP contribution in [0.1, 0.15) is 33.1 Å². The van der Waals surface area contributed by atoms with Crippen LogP contribution in [-0.2, 0) is 0 Å². The van der Waals surface area contributed by atoms with Gasteiger partial charge in [0.05, 0.1) is 0 Å². The first-order valence-electron chi connectivity index (χ1n) is 7.45.